The molecule has 0 saturated heterocycles. The van der Waals surface area contributed by atoms with Crippen molar-refractivity contribution in [3.8, 4) is 0 Å². The highest BCUT2D eigenvalue weighted by atomic mass is 35.5. The molecular formula is C20H21ClN4O2. The SMILES string of the molecule is C[C@@H](NC(=O)CN(C)Cc1nc2ccccc2c(=O)[nH]1)c1cccc(Cl)c1. The van der Waals surface area contributed by atoms with E-state index in [-0.39, 0.29) is 24.1 Å². The molecule has 27 heavy (non-hydrogen) atoms. The van der Waals surface area contributed by atoms with Gasteiger partial charge in [0.2, 0.25) is 5.91 Å². The van der Waals surface area contributed by atoms with Crippen molar-refractivity contribution in [3.05, 3.63) is 75.3 Å². The van der Waals surface area contributed by atoms with Crippen LogP contribution in [0.25, 0.3) is 10.9 Å². The van der Waals surface area contributed by atoms with Gasteiger partial charge in [0.05, 0.1) is 30.0 Å². The molecule has 0 fully saturated rings. The van der Waals surface area contributed by atoms with Crippen LogP contribution >= 0.6 is 11.6 Å². The lowest BCUT2D eigenvalue weighted by Crippen LogP contribution is -2.36. The van der Waals surface area contributed by atoms with E-state index in [1.807, 2.05) is 31.2 Å². The molecule has 3 aromatic rings. The third-order valence-electron chi connectivity index (χ3n) is 4.22. The fraction of sp³-hybridized carbons (Fsp3) is 0.250. The van der Waals surface area contributed by atoms with Crippen LogP contribution in [-0.4, -0.2) is 34.4 Å². The summed E-state index contributed by atoms with van der Waals surface area (Å²) in [6, 6.07) is 14.4. The predicted molar refractivity (Wildman–Crippen MR) is 107 cm³/mol. The number of nitrogens with one attached hydrogen (secondary N) is 2. The van der Waals surface area contributed by atoms with Crippen LogP contribution in [0.4, 0.5) is 0 Å². The Bertz CT molecular complexity index is 1020. The number of H-pyrrole nitrogens is 1. The van der Waals surface area contributed by atoms with Gasteiger partial charge < -0.3 is 10.3 Å². The van der Waals surface area contributed by atoms with Crippen molar-refractivity contribution in [1.82, 2.24) is 20.2 Å². The van der Waals surface area contributed by atoms with Gasteiger partial charge in [-0.15, -0.1) is 0 Å². The lowest BCUT2D eigenvalue weighted by Gasteiger charge is -2.19. The minimum atomic E-state index is -0.178. The average molecular weight is 385 g/mol. The van der Waals surface area contributed by atoms with Gasteiger partial charge in [-0.2, -0.15) is 0 Å². The highest BCUT2D eigenvalue weighted by Gasteiger charge is 2.13. The van der Waals surface area contributed by atoms with Crippen LogP contribution in [0, 0.1) is 0 Å². The number of aromatic amines is 1. The molecule has 140 valence electrons. The predicted octanol–water partition coefficient (Wildman–Crippen LogP) is 2.89. The maximum absolute atomic E-state index is 12.3. The van der Waals surface area contributed by atoms with E-state index in [1.165, 1.54) is 0 Å². The third-order valence-corrected chi connectivity index (χ3v) is 4.46. The Kier molecular flexibility index (Phi) is 5.88. The van der Waals surface area contributed by atoms with Crippen LogP contribution in [0.3, 0.4) is 0 Å². The summed E-state index contributed by atoms with van der Waals surface area (Å²) < 4.78 is 0. The lowest BCUT2D eigenvalue weighted by molar-refractivity contribution is -0.122. The van der Waals surface area contributed by atoms with Crippen LogP contribution in [0.2, 0.25) is 5.02 Å². The molecule has 7 heteroatoms. The van der Waals surface area contributed by atoms with Gasteiger partial charge in [-0.1, -0.05) is 35.9 Å². The Morgan fingerprint density at radius 2 is 2.04 bits per heavy atom. The van der Waals surface area contributed by atoms with E-state index >= 15 is 0 Å². The number of amides is 1. The first-order valence-electron chi connectivity index (χ1n) is 8.63. The highest BCUT2D eigenvalue weighted by molar-refractivity contribution is 6.30. The Morgan fingerprint density at radius 3 is 2.81 bits per heavy atom. The molecule has 6 nitrogen and oxygen atoms in total. The molecule has 1 heterocycles. The van der Waals surface area contributed by atoms with E-state index in [4.69, 9.17) is 11.6 Å². The van der Waals surface area contributed by atoms with Gasteiger partial charge in [-0.3, -0.25) is 14.5 Å². The number of carbonyl (C=O) groups excluding carboxylic acids is 1. The number of aromatic nitrogens is 2. The number of fused-ring (bicyclic) bond motifs is 1. The number of likely N-dealkylation sites (N-methyl/N-ethyl adjacent to an activating group) is 1. The summed E-state index contributed by atoms with van der Waals surface area (Å²) in [7, 11) is 1.80. The maximum Gasteiger partial charge on any atom is 0.258 e. The van der Waals surface area contributed by atoms with Gasteiger partial charge in [0.25, 0.3) is 5.56 Å². The molecule has 0 saturated carbocycles. The number of para-hydroxylation sites is 1. The summed E-state index contributed by atoms with van der Waals surface area (Å²) in [4.78, 5) is 33.5. The first-order chi connectivity index (χ1) is 12.9. The van der Waals surface area contributed by atoms with E-state index < -0.39 is 0 Å². The Balaban J connectivity index is 1.61. The van der Waals surface area contributed by atoms with E-state index in [0.717, 1.165) is 5.56 Å². The highest BCUT2D eigenvalue weighted by Crippen LogP contribution is 2.17. The van der Waals surface area contributed by atoms with Crippen molar-refractivity contribution in [2.45, 2.75) is 19.5 Å². The molecule has 2 aromatic carbocycles. The van der Waals surface area contributed by atoms with E-state index in [0.29, 0.717) is 28.3 Å². The zero-order chi connectivity index (χ0) is 19.4. The Morgan fingerprint density at radius 1 is 1.26 bits per heavy atom. The van der Waals surface area contributed by atoms with Gasteiger partial charge in [-0.25, -0.2) is 4.98 Å². The molecule has 2 N–H and O–H groups in total. The van der Waals surface area contributed by atoms with Crippen molar-refractivity contribution in [3.63, 3.8) is 0 Å². The summed E-state index contributed by atoms with van der Waals surface area (Å²) >= 11 is 6.00. The average Bonchev–Trinajstić information content (AvgIpc) is 2.61. The molecule has 0 aliphatic rings. The number of carbonyl (C=O) groups is 1. The van der Waals surface area contributed by atoms with Crippen LogP contribution in [-0.2, 0) is 11.3 Å². The smallest absolute Gasteiger partial charge is 0.258 e. The second-order valence-electron chi connectivity index (χ2n) is 6.55. The molecule has 0 radical (unpaired) electrons. The van der Waals surface area contributed by atoms with E-state index in [9.17, 15) is 9.59 Å². The van der Waals surface area contributed by atoms with Crippen molar-refractivity contribution >= 4 is 28.4 Å². The third kappa shape index (κ3) is 4.93. The molecule has 1 aromatic heterocycles. The number of benzene rings is 2. The molecule has 1 atom stereocenters. The summed E-state index contributed by atoms with van der Waals surface area (Å²) in [5.74, 6) is 0.407. The zero-order valence-electron chi connectivity index (χ0n) is 15.2. The monoisotopic (exact) mass is 384 g/mol. The summed E-state index contributed by atoms with van der Waals surface area (Å²) in [6.07, 6.45) is 0. The van der Waals surface area contributed by atoms with Crippen molar-refractivity contribution in [2.24, 2.45) is 0 Å². The standard InChI is InChI=1S/C20H21ClN4O2/c1-13(14-6-5-7-15(21)10-14)22-19(26)12-25(2)11-18-23-17-9-4-3-8-16(17)20(27)24-18/h3-10,13H,11-12H2,1-2H3,(H,22,26)(H,23,24,27)/t13-/m1/s1. The van der Waals surface area contributed by atoms with Gasteiger partial charge in [0, 0.05) is 5.02 Å². The van der Waals surface area contributed by atoms with Gasteiger partial charge in [-0.05, 0) is 43.8 Å². The van der Waals surface area contributed by atoms with Crippen molar-refractivity contribution in [1.29, 1.82) is 0 Å². The largest absolute Gasteiger partial charge is 0.348 e. The molecule has 0 aliphatic carbocycles. The Hall–Kier alpha value is -2.70. The molecule has 3 rings (SSSR count). The fourth-order valence-electron chi connectivity index (χ4n) is 2.91. The lowest BCUT2D eigenvalue weighted by atomic mass is 10.1. The van der Waals surface area contributed by atoms with Crippen LogP contribution in [0.5, 0.6) is 0 Å². The number of hydrogen-bond donors (Lipinski definition) is 2. The quantitative estimate of drug-likeness (QED) is 0.685. The normalized spacial score (nSPS) is 12.3. The fourth-order valence-corrected chi connectivity index (χ4v) is 3.11. The summed E-state index contributed by atoms with van der Waals surface area (Å²) in [5.41, 5.74) is 1.41. The summed E-state index contributed by atoms with van der Waals surface area (Å²) in [6.45, 7) is 2.45. The molecule has 0 unspecified atom stereocenters. The second-order valence-corrected chi connectivity index (χ2v) is 6.98. The molecular weight excluding hydrogens is 364 g/mol. The molecule has 1 amide bonds. The van der Waals surface area contributed by atoms with E-state index in [1.54, 1.807) is 36.2 Å². The van der Waals surface area contributed by atoms with Gasteiger partial charge in [0.1, 0.15) is 5.82 Å². The molecule has 0 aliphatic heterocycles. The van der Waals surface area contributed by atoms with Gasteiger partial charge in [0.15, 0.2) is 0 Å². The minimum absolute atomic E-state index is 0.117. The van der Waals surface area contributed by atoms with Crippen LogP contribution in [0.15, 0.2) is 53.3 Å². The van der Waals surface area contributed by atoms with Crippen molar-refractivity contribution < 1.29 is 4.79 Å². The Labute approximate surface area is 162 Å². The topological polar surface area (TPSA) is 78.1 Å². The minimum Gasteiger partial charge on any atom is -0.348 e. The zero-order valence-corrected chi connectivity index (χ0v) is 16.0. The second kappa shape index (κ2) is 8.33. The summed E-state index contributed by atoms with van der Waals surface area (Å²) in [5, 5.41) is 4.14. The van der Waals surface area contributed by atoms with Crippen LogP contribution < -0.4 is 10.9 Å². The van der Waals surface area contributed by atoms with Crippen LogP contribution in [0.1, 0.15) is 24.4 Å². The number of rotatable bonds is 6. The first-order valence-corrected chi connectivity index (χ1v) is 9.01. The first kappa shape index (κ1) is 19.1. The molecule has 0 bridgehead atoms. The van der Waals surface area contributed by atoms with E-state index in [2.05, 4.69) is 15.3 Å². The van der Waals surface area contributed by atoms with Gasteiger partial charge >= 0.3 is 0 Å². The number of hydrogen-bond acceptors (Lipinski definition) is 4. The molecule has 0 spiro atoms. The van der Waals surface area contributed by atoms with Crippen molar-refractivity contribution in [2.75, 3.05) is 13.6 Å². The maximum atomic E-state index is 12.3. The number of nitrogens with zero attached hydrogens (tertiary/aromatic N) is 2. The number of halogens is 1.